The number of rotatable bonds is 35. The average Bonchev–Trinajstić information content (AvgIpc) is 3.13. The van der Waals surface area contributed by atoms with E-state index in [-0.39, 0.29) is 25.5 Å². The number of amides is 1. The van der Waals surface area contributed by atoms with Crippen LogP contribution in [-0.2, 0) is 18.4 Å². The Bertz CT molecular complexity index is 1120. The maximum atomic E-state index is 12.6. The lowest BCUT2D eigenvalue weighted by molar-refractivity contribution is -0.122. The van der Waals surface area contributed by atoms with Gasteiger partial charge in [0, 0.05) is 13.0 Å². The second-order valence-electron chi connectivity index (χ2n) is 12.8. The van der Waals surface area contributed by atoms with Crippen molar-refractivity contribution >= 4 is 13.7 Å². The van der Waals surface area contributed by atoms with Crippen LogP contribution in [0.5, 0.6) is 0 Å². The summed E-state index contributed by atoms with van der Waals surface area (Å²) in [5.74, 6) is -0.340. The molecule has 9 heteroatoms. The van der Waals surface area contributed by atoms with Crippen LogP contribution in [0.25, 0.3) is 0 Å². The van der Waals surface area contributed by atoms with Gasteiger partial charge in [0.1, 0.15) is 0 Å². The molecule has 296 valence electrons. The molecule has 0 spiro atoms. The van der Waals surface area contributed by atoms with Crippen molar-refractivity contribution in [1.82, 2.24) is 5.32 Å². The summed E-state index contributed by atoms with van der Waals surface area (Å²) in [5, 5.41) is 13.5. The molecule has 0 radical (unpaired) electrons. The molecule has 0 aromatic carbocycles. The van der Waals surface area contributed by atoms with Gasteiger partial charge in [0.25, 0.3) is 0 Å². The minimum Gasteiger partial charge on any atom is -0.387 e. The van der Waals surface area contributed by atoms with Gasteiger partial charge in [-0.1, -0.05) is 156 Å². The molecule has 0 rings (SSSR count). The number of hydrogen-bond donors (Lipinski definition) is 4. The van der Waals surface area contributed by atoms with Gasteiger partial charge >= 0.3 is 7.82 Å². The Labute approximate surface area is 317 Å². The van der Waals surface area contributed by atoms with Gasteiger partial charge in [0.2, 0.25) is 5.91 Å². The predicted molar refractivity (Wildman–Crippen MR) is 221 cm³/mol. The zero-order chi connectivity index (χ0) is 38.2. The van der Waals surface area contributed by atoms with Crippen molar-refractivity contribution < 1.29 is 28.4 Å². The Balaban J connectivity index is 4.53. The van der Waals surface area contributed by atoms with Crippen LogP contribution in [0.4, 0.5) is 0 Å². The number of hydrogen-bond acceptors (Lipinski definition) is 6. The number of carbonyl (C=O) groups is 1. The number of phosphoric ester groups is 1. The van der Waals surface area contributed by atoms with E-state index in [4.69, 9.17) is 14.8 Å². The van der Waals surface area contributed by atoms with Crippen LogP contribution in [0.2, 0.25) is 0 Å². The second kappa shape index (κ2) is 38.2. The lowest BCUT2D eigenvalue weighted by Gasteiger charge is -2.23. The smallest absolute Gasteiger partial charge is 0.387 e. The largest absolute Gasteiger partial charge is 0.472 e. The SMILES string of the molecule is CC/C=C\C/C=C\C/C=C\C/C=C\C/C=C\CC(=O)NC(COP(=O)(O)OCCN)C(O)/C=C/CC/C=C/CC/C=C/CCCCCCCCCC. The molecule has 0 aliphatic heterocycles. The van der Waals surface area contributed by atoms with Gasteiger partial charge in [-0.3, -0.25) is 13.8 Å². The molecule has 0 aromatic rings. The summed E-state index contributed by atoms with van der Waals surface area (Å²) in [4.78, 5) is 22.6. The Morgan fingerprint density at radius 3 is 1.67 bits per heavy atom. The molecule has 0 bridgehead atoms. The van der Waals surface area contributed by atoms with Gasteiger partial charge in [-0.25, -0.2) is 4.57 Å². The molecule has 0 aliphatic rings. The van der Waals surface area contributed by atoms with E-state index in [2.05, 4.69) is 86.0 Å². The monoisotopic (exact) mass is 745 g/mol. The predicted octanol–water partition coefficient (Wildman–Crippen LogP) is 10.8. The van der Waals surface area contributed by atoms with Gasteiger partial charge in [-0.05, 0) is 70.6 Å². The van der Waals surface area contributed by atoms with Gasteiger partial charge in [0.15, 0.2) is 0 Å². The summed E-state index contributed by atoms with van der Waals surface area (Å²) in [6.45, 7) is 3.88. The molecule has 1 amide bonds. The highest BCUT2D eigenvalue weighted by Crippen LogP contribution is 2.43. The van der Waals surface area contributed by atoms with Crippen LogP contribution in [0.1, 0.15) is 136 Å². The van der Waals surface area contributed by atoms with Gasteiger partial charge in [-0.2, -0.15) is 0 Å². The minimum atomic E-state index is -4.38. The van der Waals surface area contributed by atoms with Crippen LogP contribution >= 0.6 is 7.82 Å². The second-order valence-corrected chi connectivity index (χ2v) is 14.2. The number of aliphatic hydroxyl groups excluding tert-OH is 1. The Kier molecular flexibility index (Phi) is 36.3. The quantitative estimate of drug-likeness (QED) is 0.0289. The maximum absolute atomic E-state index is 12.6. The van der Waals surface area contributed by atoms with Crippen molar-refractivity contribution in [2.75, 3.05) is 19.8 Å². The number of carbonyl (C=O) groups excluding carboxylic acids is 1. The van der Waals surface area contributed by atoms with Gasteiger partial charge in [-0.15, -0.1) is 0 Å². The van der Waals surface area contributed by atoms with E-state index in [0.717, 1.165) is 51.4 Å². The highest BCUT2D eigenvalue weighted by atomic mass is 31.2. The summed E-state index contributed by atoms with van der Waals surface area (Å²) in [6, 6.07) is -0.943. The first-order chi connectivity index (χ1) is 25.4. The first-order valence-corrected chi connectivity index (χ1v) is 21.4. The fraction of sp³-hybridized carbons (Fsp3) is 0.605. The number of nitrogens with one attached hydrogen (secondary N) is 1. The molecule has 52 heavy (non-hydrogen) atoms. The molecular formula is C43H73N2O6P. The van der Waals surface area contributed by atoms with Crippen molar-refractivity contribution in [3.05, 3.63) is 97.2 Å². The Morgan fingerprint density at radius 2 is 1.13 bits per heavy atom. The van der Waals surface area contributed by atoms with Crippen LogP contribution in [0, 0.1) is 0 Å². The van der Waals surface area contributed by atoms with E-state index in [1.807, 2.05) is 18.2 Å². The van der Waals surface area contributed by atoms with E-state index >= 15 is 0 Å². The third-order valence-corrected chi connectivity index (χ3v) is 8.88. The van der Waals surface area contributed by atoms with E-state index in [1.54, 1.807) is 12.2 Å². The molecule has 3 atom stereocenters. The molecule has 0 saturated carbocycles. The minimum absolute atomic E-state index is 0.0528. The number of aliphatic hydroxyl groups is 1. The van der Waals surface area contributed by atoms with Crippen molar-refractivity contribution in [3.63, 3.8) is 0 Å². The summed E-state index contributed by atoms with van der Waals surface area (Å²) in [7, 11) is -4.38. The zero-order valence-corrected chi connectivity index (χ0v) is 33.4. The van der Waals surface area contributed by atoms with Gasteiger partial charge in [0.05, 0.1) is 25.4 Å². The summed E-state index contributed by atoms with van der Waals surface area (Å²) >= 11 is 0. The fourth-order valence-corrected chi connectivity index (χ4v) is 5.69. The number of nitrogens with two attached hydrogens (primary N) is 1. The fourth-order valence-electron chi connectivity index (χ4n) is 4.93. The lowest BCUT2D eigenvalue weighted by atomic mass is 10.1. The van der Waals surface area contributed by atoms with Crippen LogP contribution in [0.15, 0.2) is 97.2 Å². The highest BCUT2D eigenvalue weighted by Gasteiger charge is 2.26. The van der Waals surface area contributed by atoms with Crippen LogP contribution in [0.3, 0.4) is 0 Å². The Morgan fingerprint density at radius 1 is 0.654 bits per heavy atom. The van der Waals surface area contributed by atoms with Crippen molar-refractivity contribution in [2.45, 2.75) is 148 Å². The molecule has 0 saturated heterocycles. The lowest BCUT2D eigenvalue weighted by Crippen LogP contribution is -2.45. The molecule has 8 nitrogen and oxygen atoms in total. The maximum Gasteiger partial charge on any atom is 0.472 e. The van der Waals surface area contributed by atoms with Crippen LogP contribution in [-0.4, -0.2) is 47.8 Å². The first kappa shape index (κ1) is 49.4. The first-order valence-electron chi connectivity index (χ1n) is 19.9. The molecular weight excluding hydrogens is 671 g/mol. The van der Waals surface area contributed by atoms with Crippen LogP contribution < -0.4 is 11.1 Å². The van der Waals surface area contributed by atoms with Crippen molar-refractivity contribution in [3.8, 4) is 0 Å². The third kappa shape index (κ3) is 35.8. The average molecular weight is 745 g/mol. The standard InChI is InChI=1S/C43H73N2O6P/c1-3-5-7-9-11-13-15-17-19-20-21-23-24-26-28-30-32-34-36-42(46)41(40-51-52(48,49)50-39-38-44)45-43(47)37-35-33-31-29-27-25-22-18-16-14-12-10-8-6-4-2/h6,8,12,14,18,20-22,26-29,33-36,41-42,46H,3-5,7,9-11,13,15-17,19,23-25,30-32,37-40,44H2,1-2H3,(H,45,47)(H,48,49)/b8-6-,14-12-,21-20+,22-18-,28-26+,29-27-,35-33-,36-34+. The number of unbranched alkanes of at least 4 members (excludes halogenated alkanes) is 10. The van der Waals surface area contributed by atoms with Gasteiger partial charge < -0.3 is 21.1 Å². The third-order valence-electron chi connectivity index (χ3n) is 7.90. The Hall–Kier alpha value is -2.58. The van der Waals surface area contributed by atoms with E-state index in [1.165, 1.54) is 51.4 Å². The highest BCUT2D eigenvalue weighted by molar-refractivity contribution is 7.47. The summed E-state index contributed by atoms with van der Waals surface area (Å²) < 4.78 is 22.0. The molecule has 0 fully saturated rings. The molecule has 5 N–H and O–H groups in total. The number of allylic oxidation sites excluding steroid dienone is 14. The summed E-state index contributed by atoms with van der Waals surface area (Å²) in [6.07, 6.45) is 52.0. The molecule has 0 heterocycles. The molecule has 0 aromatic heterocycles. The van der Waals surface area contributed by atoms with E-state index in [9.17, 15) is 19.4 Å². The summed E-state index contributed by atoms with van der Waals surface area (Å²) in [5.41, 5.74) is 5.35. The number of phosphoric acid groups is 1. The van der Waals surface area contributed by atoms with E-state index < -0.39 is 26.6 Å². The molecule has 3 unspecified atom stereocenters. The van der Waals surface area contributed by atoms with Crippen molar-refractivity contribution in [1.29, 1.82) is 0 Å². The van der Waals surface area contributed by atoms with E-state index in [0.29, 0.717) is 12.8 Å². The van der Waals surface area contributed by atoms with Crippen molar-refractivity contribution in [2.24, 2.45) is 5.73 Å². The zero-order valence-electron chi connectivity index (χ0n) is 32.5. The molecule has 0 aliphatic carbocycles. The topological polar surface area (TPSA) is 131 Å². The normalized spacial score (nSPS) is 15.2.